The van der Waals surface area contributed by atoms with E-state index in [1.54, 1.807) is 0 Å². The molecule has 1 unspecified atom stereocenters. The van der Waals surface area contributed by atoms with E-state index in [1.165, 1.54) is 0 Å². The summed E-state index contributed by atoms with van der Waals surface area (Å²) in [4.78, 5) is 16.6. The Bertz CT molecular complexity index is 440. The Hall–Kier alpha value is -1.43. The van der Waals surface area contributed by atoms with E-state index in [9.17, 15) is 9.90 Å². The second-order valence-corrected chi connectivity index (χ2v) is 5.79. The van der Waals surface area contributed by atoms with Crippen molar-refractivity contribution in [1.29, 1.82) is 0 Å². The molecule has 1 heterocycles. The third-order valence-electron chi connectivity index (χ3n) is 4.32. The molecular formula is C17H27N3O2. The summed E-state index contributed by atoms with van der Waals surface area (Å²) >= 11 is 0. The van der Waals surface area contributed by atoms with Gasteiger partial charge in [-0.15, -0.1) is 0 Å². The van der Waals surface area contributed by atoms with Crippen LogP contribution >= 0.6 is 0 Å². The number of piperazine rings is 1. The molecule has 5 heteroatoms. The molecule has 1 fully saturated rings. The molecule has 0 radical (unpaired) electrons. The summed E-state index contributed by atoms with van der Waals surface area (Å²) in [5.74, 6) is 0.0652. The molecule has 1 atom stereocenters. The van der Waals surface area contributed by atoms with Crippen LogP contribution in [-0.2, 0) is 4.79 Å². The number of nitrogens with zero attached hydrogens (tertiary/aromatic N) is 2. The van der Waals surface area contributed by atoms with Crippen molar-refractivity contribution in [1.82, 2.24) is 9.80 Å². The number of aliphatic hydroxyl groups is 1. The van der Waals surface area contributed by atoms with Crippen LogP contribution < -0.4 is 5.32 Å². The minimum atomic E-state index is 0.0652. The van der Waals surface area contributed by atoms with E-state index in [-0.39, 0.29) is 18.6 Å². The average Bonchev–Trinajstić information content (AvgIpc) is 2.56. The average molecular weight is 305 g/mol. The molecule has 0 aromatic heterocycles. The van der Waals surface area contributed by atoms with Crippen LogP contribution in [0.5, 0.6) is 0 Å². The van der Waals surface area contributed by atoms with E-state index in [0.29, 0.717) is 6.42 Å². The third kappa shape index (κ3) is 5.09. The number of aliphatic hydroxyl groups excluding tert-OH is 1. The molecule has 0 spiro atoms. The van der Waals surface area contributed by atoms with Gasteiger partial charge in [-0.2, -0.15) is 0 Å². The predicted molar refractivity (Wildman–Crippen MR) is 88.9 cm³/mol. The number of carbonyl (C=O) groups excluding carboxylic acids is 1. The Balaban J connectivity index is 1.67. The topological polar surface area (TPSA) is 55.8 Å². The Labute approximate surface area is 132 Å². The molecule has 1 aliphatic rings. The van der Waals surface area contributed by atoms with Crippen LogP contribution in [0.2, 0.25) is 0 Å². The van der Waals surface area contributed by atoms with Gasteiger partial charge < -0.3 is 15.3 Å². The van der Waals surface area contributed by atoms with Crippen molar-refractivity contribution in [2.24, 2.45) is 0 Å². The molecule has 0 bridgehead atoms. The number of benzene rings is 1. The van der Waals surface area contributed by atoms with Gasteiger partial charge in [0.15, 0.2) is 0 Å². The molecule has 5 nitrogen and oxygen atoms in total. The number of hydrogen-bond donors (Lipinski definition) is 2. The SMILES string of the molecule is CCC(CO)N1CCN(CCC(=O)Nc2ccccc2)CC1. The fourth-order valence-electron chi connectivity index (χ4n) is 2.86. The Morgan fingerprint density at radius 3 is 2.50 bits per heavy atom. The van der Waals surface area contributed by atoms with Gasteiger partial charge in [0.1, 0.15) is 0 Å². The highest BCUT2D eigenvalue weighted by Crippen LogP contribution is 2.10. The fraction of sp³-hybridized carbons (Fsp3) is 0.588. The Morgan fingerprint density at radius 2 is 1.91 bits per heavy atom. The summed E-state index contributed by atoms with van der Waals surface area (Å²) in [5.41, 5.74) is 0.853. The number of para-hydroxylation sites is 1. The van der Waals surface area contributed by atoms with Gasteiger partial charge in [-0.05, 0) is 18.6 Å². The Morgan fingerprint density at radius 1 is 1.23 bits per heavy atom. The highest BCUT2D eigenvalue weighted by Gasteiger charge is 2.22. The summed E-state index contributed by atoms with van der Waals surface area (Å²) in [6.45, 7) is 7.02. The maximum Gasteiger partial charge on any atom is 0.225 e. The van der Waals surface area contributed by atoms with E-state index in [0.717, 1.165) is 44.8 Å². The van der Waals surface area contributed by atoms with Crippen molar-refractivity contribution in [3.63, 3.8) is 0 Å². The summed E-state index contributed by atoms with van der Waals surface area (Å²) in [6.07, 6.45) is 1.50. The van der Waals surface area contributed by atoms with Gasteiger partial charge in [-0.3, -0.25) is 9.69 Å². The number of anilines is 1. The van der Waals surface area contributed by atoms with Crippen LogP contribution in [0.4, 0.5) is 5.69 Å². The molecular weight excluding hydrogens is 278 g/mol. The number of nitrogens with one attached hydrogen (secondary N) is 1. The first-order valence-corrected chi connectivity index (χ1v) is 8.15. The minimum absolute atomic E-state index is 0.0652. The highest BCUT2D eigenvalue weighted by atomic mass is 16.3. The molecule has 2 rings (SSSR count). The lowest BCUT2D eigenvalue weighted by Crippen LogP contribution is -2.51. The second-order valence-electron chi connectivity index (χ2n) is 5.79. The normalized spacial score (nSPS) is 18.1. The van der Waals surface area contributed by atoms with Crippen LogP contribution in [0.25, 0.3) is 0 Å². The van der Waals surface area contributed by atoms with E-state index >= 15 is 0 Å². The van der Waals surface area contributed by atoms with Crippen molar-refractivity contribution in [2.75, 3.05) is 44.6 Å². The molecule has 0 saturated carbocycles. The smallest absolute Gasteiger partial charge is 0.225 e. The van der Waals surface area contributed by atoms with Crippen molar-refractivity contribution in [3.05, 3.63) is 30.3 Å². The summed E-state index contributed by atoms with van der Waals surface area (Å²) < 4.78 is 0. The summed E-state index contributed by atoms with van der Waals surface area (Å²) in [6, 6.07) is 9.85. The monoisotopic (exact) mass is 305 g/mol. The summed E-state index contributed by atoms with van der Waals surface area (Å²) in [7, 11) is 0. The number of hydrogen-bond acceptors (Lipinski definition) is 4. The molecule has 1 aliphatic heterocycles. The van der Waals surface area contributed by atoms with Crippen LogP contribution in [0.1, 0.15) is 19.8 Å². The molecule has 1 aromatic carbocycles. The van der Waals surface area contributed by atoms with E-state index in [2.05, 4.69) is 22.0 Å². The van der Waals surface area contributed by atoms with E-state index < -0.39 is 0 Å². The maximum absolute atomic E-state index is 11.9. The standard InChI is InChI=1S/C17H27N3O2/c1-2-16(14-21)20-12-10-19(11-13-20)9-8-17(22)18-15-6-4-3-5-7-15/h3-7,16,21H,2,8-14H2,1H3,(H,18,22). The molecule has 1 amide bonds. The minimum Gasteiger partial charge on any atom is -0.395 e. The van der Waals surface area contributed by atoms with E-state index in [1.807, 2.05) is 30.3 Å². The predicted octanol–water partition coefficient (Wildman–Crippen LogP) is 1.40. The highest BCUT2D eigenvalue weighted by molar-refractivity contribution is 5.90. The molecule has 22 heavy (non-hydrogen) atoms. The van der Waals surface area contributed by atoms with Gasteiger partial charge in [0.05, 0.1) is 6.61 Å². The third-order valence-corrected chi connectivity index (χ3v) is 4.32. The molecule has 2 N–H and O–H groups in total. The number of amides is 1. The number of carbonyl (C=O) groups is 1. The molecule has 1 aromatic rings. The molecule has 0 aliphatic carbocycles. The van der Waals surface area contributed by atoms with Gasteiger partial charge in [-0.1, -0.05) is 25.1 Å². The van der Waals surface area contributed by atoms with Crippen molar-refractivity contribution < 1.29 is 9.90 Å². The molecule has 1 saturated heterocycles. The van der Waals surface area contributed by atoms with Crippen molar-refractivity contribution in [2.45, 2.75) is 25.8 Å². The van der Waals surface area contributed by atoms with Crippen molar-refractivity contribution >= 4 is 11.6 Å². The van der Waals surface area contributed by atoms with Crippen LogP contribution in [0.15, 0.2) is 30.3 Å². The lowest BCUT2D eigenvalue weighted by Gasteiger charge is -2.38. The van der Waals surface area contributed by atoms with E-state index in [4.69, 9.17) is 0 Å². The quantitative estimate of drug-likeness (QED) is 0.799. The first-order chi connectivity index (χ1) is 10.7. The zero-order chi connectivity index (χ0) is 15.8. The van der Waals surface area contributed by atoms with Crippen LogP contribution in [0.3, 0.4) is 0 Å². The maximum atomic E-state index is 11.9. The van der Waals surface area contributed by atoms with Gasteiger partial charge in [-0.25, -0.2) is 0 Å². The number of rotatable bonds is 7. The van der Waals surface area contributed by atoms with Crippen molar-refractivity contribution in [3.8, 4) is 0 Å². The van der Waals surface area contributed by atoms with Gasteiger partial charge in [0, 0.05) is 50.9 Å². The second kappa shape index (κ2) is 8.88. The van der Waals surface area contributed by atoms with Gasteiger partial charge in [0.2, 0.25) is 5.91 Å². The van der Waals surface area contributed by atoms with Gasteiger partial charge >= 0.3 is 0 Å². The zero-order valence-electron chi connectivity index (χ0n) is 13.4. The van der Waals surface area contributed by atoms with Crippen LogP contribution in [-0.4, -0.2) is 66.2 Å². The molecule has 122 valence electrons. The fourth-order valence-corrected chi connectivity index (χ4v) is 2.86. The lowest BCUT2D eigenvalue weighted by atomic mass is 10.1. The summed E-state index contributed by atoms with van der Waals surface area (Å²) in [5, 5.41) is 12.3. The largest absolute Gasteiger partial charge is 0.395 e. The van der Waals surface area contributed by atoms with Gasteiger partial charge in [0.25, 0.3) is 0 Å². The zero-order valence-corrected chi connectivity index (χ0v) is 13.4. The Kier molecular flexibility index (Phi) is 6.83. The van der Waals surface area contributed by atoms with Crippen LogP contribution in [0, 0.1) is 0 Å². The first-order valence-electron chi connectivity index (χ1n) is 8.15. The first kappa shape index (κ1) is 16.9. The lowest BCUT2D eigenvalue weighted by molar-refractivity contribution is -0.116.